The maximum atomic E-state index is 12.6. The second-order valence-electron chi connectivity index (χ2n) is 6.77. The maximum Gasteiger partial charge on any atom is 0.251 e. The number of nitrogens with one attached hydrogen (secondary N) is 1. The van der Waals surface area contributed by atoms with Gasteiger partial charge in [-0.3, -0.25) is 9.36 Å². The van der Waals surface area contributed by atoms with Crippen LogP contribution in [0.1, 0.15) is 22.6 Å². The molecule has 0 radical (unpaired) electrons. The Hall–Kier alpha value is -3.06. The van der Waals surface area contributed by atoms with Crippen molar-refractivity contribution in [2.45, 2.75) is 18.0 Å². The number of carbonyl (C=O) groups excluding carboxylic acids is 1. The number of carbonyl (C=O) groups is 1. The minimum Gasteiger partial charge on any atom is -0.352 e. The summed E-state index contributed by atoms with van der Waals surface area (Å²) in [4.78, 5) is 21.6. The maximum absolute atomic E-state index is 12.6. The number of aromatic nitrogens is 4. The topological polar surface area (TPSA) is 64.7 Å². The Morgan fingerprint density at radius 2 is 2.03 bits per heavy atom. The molecule has 2 aromatic heterocycles. The lowest BCUT2D eigenvalue weighted by Gasteiger charge is -2.09. The van der Waals surface area contributed by atoms with Gasteiger partial charge in [0.2, 0.25) is 0 Å². The predicted octanol–water partition coefficient (Wildman–Crippen LogP) is 3.84. The zero-order chi connectivity index (χ0) is 20.2. The van der Waals surface area contributed by atoms with Crippen LogP contribution in [0.5, 0.6) is 0 Å². The van der Waals surface area contributed by atoms with Gasteiger partial charge in [0.05, 0.1) is 11.0 Å². The van der Waals surface area contributed by atoms with E-state index in [1.165, 1.54) is 0 Å². The third kappa shape index (κ3) is 4.05. The molecule has 7 heteroatoms. The molecule has 0 atom stereocenters. The number of aryl methyl sites for hydroxylation is 2. The number of imidazole rings is 2. The first-order valence-corrected chi connectivity index (χ1v) is 10.8. The molecule has 0 aliphatic rings. The van der Waals surface area contributed by atoms with Gasteiger partial charge in [0, 0.05) is 43.7 Å². The first-order valence-electron chi connectivity index (χ1n) is 9.53. The van der Waals surface area contributed by atoms with Crippen LogP contribution in [-0.2, 0) is 13.5 Å². The van der Waals surface area contributed by atoms with E-state index in [-0.39, 0.29) is 5.91 Å². The molecule has 2 aromatic carbocycles. The molecule has 0 saturated heterocycles. The largest absolute Gasteiger partial charge is 0.352 e. The zero-order valence-corrected chi connectivity index (χ0v) is 17.3. The van der Waals surface area contributed by atoms with Crippen molar-refractivity contribution in [1.82, 2.24) is 24.4 Å². The minimum absolute atomic E-state index is 0.0670. The lowest BCUT2D eigenvalue weighted by Crippen LogP contribution is -2.25. The highest BCUT2D eigenvalue weighted by Crippen LogP contribution is 2.19. The Morgan fingerprint density at radius 1 is 1.17 bits per heavy atom. The van der Waals surface area contributed by atoms with E-state index < -0.39 is 0 Å². The molecular weight excluding hydrogens is 382 g/mol. The van der Waals surface area contributed by atoms with Gasteiger partial charge in [-0.2, -0.15) is 0 Å². The second kappa shape index (κ2) is 8.53. The van der Waals surface area contributed by atoms with E-state index in [0.717, 1.165) is 40.5 Å². The van der Waals surface area contributed by atoms with E-state index in [1.807, 2.05) is 66.5 Å². The molecule has 0 aliphatic carbocycles. The van der Waals surface area contributed by atoms with Crippen LogP contribution in [0, 0.1) is 0 Å². The van der Waals surface area contributed by atoms with Gasteiger partial charge in [-0.05, 0) is 43.0 Å². The zero-order valence-electron chi connectivity index (χ0n) is 16.5. The number of hydrogen-bond acceptors (Lipinski definition) is 4. The standard InChI is InChI=1S/C22H23N5OS/c1-26-19-10-4-3-9-18(19)25-20(26)11-6-12-23-21(28)16-7-5-8-17(15-16)27-14-13-24-22(27)29-2/h3-5,7-10,13-15H,6,11-12H2,1-2H3,(H,23,28). The van der Waals surface area contributed by atoms with Gasteiger partial charge in [-0.25, -0.2) is 9.97 Å². The minimum atomic E-state index is -0.0670. The summed E-state index contributed by atoms with van der Waals surface area (Å²) in [6.07, 6.45) is 7.30. The highest BCUT2D eigenvalue weighted by Gasteiger charge is 2.10. The molecule has 1 amide bonds. The molecule has 1 N–H and O–H groups in total. The number of hydrogen-bond donors (Lipinski definition) is 1. The summed E-state index contributed by atoms with van der Waals surface area (Å²) >= 11 is 1.57. The molecule has 4 rings (SSSR count). The van der Waals surface area contributed by atoms with E-state index in [4.69, 9.17) is 0 Å². The van der Waals surface area contributed by atoms with Gasteiger partial charge in [-0.15, -0.1) is 0 Å². The Balaban J connectivity index is 1.36. The number of amides is 1. The Kier molecular flexibility index (Phi) is 5.67. The third-order valence-corrected chi connectivity index (χ3v) is 5.59. The number of rotatable bonds is 7. The van der Waals surface area contributed by atoms with Crippen molar-refractivity contribution in [3.8, 4) is 5.69 Å². The molecule has 0 saturated carbocycles. The van der Waals surface area contributed by atoms with E-state index in [0.29, 0.717) is 12.1 Å². The molecule has 148 valence electrons. The van der Waals surface area contributed by atoms with Gasteiger partial charge in [0.25, 0.3) is 5.91 Å². The van der Waals surface area contributed by atoms with Crippen LogP contribution >= 0.6 is 11.8 Å². The van der Waals surface area contributed by atoms with Crippen molar-refractivity contribution in [3.05, 3.63) is 72.3 Å². The summed E-state index contributed by atoms with van der Waals surface area (Å²) in [5, 5.41) is 3.91. The predicted molar refractivity (Wildman–Crippen MR) is 117 cm³/mol. The number of thioether (sulfide) groups is 1. The Bertz CT molecular complexity index is 1150. The van der Waals surface area contributed by atoms with E-state index in [1.54, 1.807) is 18.0 Å². The molecular formula is C22H23N5OS. The number of nitrogens with zero attached hydrogens (tertiary/aromatic N) is 4. The quantitative estimate of drug-likeness (QED) is 0.375. The molecule has 2 heterocycles. The first-order chi connectivity index (χ1) is 14.2. The van der Waals surface area contributed by atoms with Crippen molar-refractivity contribution in [1.29, 1.82) is 0 Å². The van der Waals surface area contributed by atoms with Gasteiger partial charge in [0.15, 0.2) is 5.16 Å². The smallest absolute Gasteiger partial charge is 0.251 e. The van der Waals surface area contributed by atoms with Crippen LogP contribution < -0.4 is 5.32 Å². The fourth-order valence-electron chi connectivity index (χ4n) is 3.40. The number of fused-ring (bicyclic) bond motifs is 1. The lowest BCUT2D eigenvalue weighted by atomic mass is 10.2. The lowest BCUT2D eigenvalue weighted by molar-refractivity contribution is 0.0953. The van der Waals surface area contributed by atoms with Gasteiger partial charge < -0.3 is 9.88 Å². The average Bonchev–Trinajstić information content (AvgIpc) is 3.36. The van der Waals surface area contributed by atoms with E-state index >= 15 is 0 Å². The molecule has 0 bridgehead atoms. The second-order valence-corrected chi connectivity index (χ2v) is 7.54. The summed E-state index contributed by atoms with van der Waals surface area (Å²) in [7, 11) is 2.04. The van der Waals surface area contributed by atoms with E-state index in [2.05, 4.69) is 25.9 Å². The summed E-state index contributed by atoms with van der Waals surface area (Å²) in [5.74, 6) is 0.967. The number of benzene rings is 2. The summed E-state index contributed by atoms with van der Waals surface area (Å²) in [6.45, 7) is 0.605. The van der Waals surface area contributed by atoms with Crippen LogP contribution in [-0.4, -0.2) is 37.8 Å². The summed E-state index contributed by atoms with van der Waals surface area (Å²) in [5.41, 5.74) is 3.72. The van der Waals surface area contributed by atoms with Crippen LogP contribution in [0.4, 0.5) is 0 Å². The van der Waals surface area contributed by atoms with Crippen molar-refractivity contribution < 1.29 is 4.79 Å². The van der Waals surface area contributed by atoms with E-state index in [9.17, 15) is 4.79 Å². The van der Waals surface area contributed by atoms with Crippen LogP contribution in [0.25, 0.3) is 16.7 Å². The van der Waals surface area contributed by atoms with Gasteiger partial charge in [0.1, 0.15) is 5.82 Å². The molecule has 4 aromatic rings. The fourth-order valence-corrected chi connectivity index (χ4v) is 3.93. The molecule has 0 unspecified atom stereocenters. The molecule has 0 aliphatic heterocycles. The van der Waals surface area contributed by atoms with Crippen molar-refractivity contribution >= 4 is 28.7 Å². The van der Waals surface area contributed by atoms with Crippen LogP contribution in [0.3, 0.4) is 0 Å². The third-order valence-electron chi connectivity index (χ3n) is 4.92. The Labute approximate surface area is 174 Å². The van der Waals surface area contributed by atoms with Crippen molar-refractivity contribution in [2.75, 3.05) is 12.8 Å². The fraction of sp³-hybridized carbons (Fsp3) is 0.227. The molecule has 6 nitrogen and oxygen atoms in total. The monoisotopic (exact) mass is 405 g/mol. The summed E-state index contributed by atoms with van der Waals surface area (Å²) < 4.78 is 4.10. The Morgan fingerprint density at radius 3 is 2.86 bits per heavy atom. The van der Waals surface area contributed by atoms with Crippen molar-refractivity contribution in [3.63, 3.8) is 0 Å². The highest BCUT2D eigenvalue weighted by molar-refractivity contribution is 7.98. The normalized spacial score (nSPS) is 11.1. The molecule has 29 heavy (non-hydrogen) atoms. The highest BCUT2D eigenvalue weighted by atomic mass is 32.2. The van der Waals surface area contributed by atoms with Crippen molar-refractivity contribution in [2.24, 2.45) is 7.05 Å². The van der Waals surface area contributed by atoms with Crippen LogP contribution in [0.15, 0.2) is 66.1 Å². The van der Waals surface area contributed by atoms with Gasteiger partial charge in [-0.1, -0.05) is 30.0 Å². The first kappa shape index (κ1) is 19.3. The summed E-state index contributed by atoms with van der Waals surface area (Å²) in [6, 6.07) is 15.7. The molecule has 0 spiro atoms. The van der Waals surface area contributed by atoms with Gasteiger partial charge >= 0.3 is 0 Å². The average molecular weight is 406 g/mol. The SMILES string of the molecule is CSc1nccn1-c1cccc(C(=O)NCCCc2nc3ccccc3n2C)c1. The van der Waals surface area contributed by atoms with Crippen LogP contribution in [0.2, 0.25) is 0 Å². The number of para-hydroxylation sites is 2. The molecule has 0 fully saturated rings.